The lowest BCUT2D eigenvalue weighted by molar-refractivity contribution is -0.384. The maximum Gasteiger partial charge on any atom is 0.282 e. The summed E-state index contributed by atoms with van der Waals surface area (Å²) in [5.74, 6) is 0.483. The molecule has 4 rings (SSSR count). The Labute approximate surface area is 158 Å². The van der Waals surface area contributed by atoms with Crippen LogP contribution in [0.25, 0.3) is 28.0 Å². The molecule has 140 valence electrons. The third-order valence-corrected chi connectivity index (χ3v) is 4.35. The highest BCUT2D eigenvalue weighted by Gasteiger charge is 2.17. The van der Waals surface area contributed by atoms with E-state index in [2.05, 4.69) is 10.1 Å². The summed E-state index contributed by atoms with van der Waals surface area (Å²) in [6, 6.07) is 12.8. The first kappa shape index (κ1) is 17.6. The standard InChI is InChI=1S/C19H15N5O4/c25-11-10-22-9-3-7-16(22)23-19(26)15-6-2-8-20-18(15)17(21-23)13-4-1-5-14(12-13)24(27)28/h1-9,12,25H,10-11H2. The fourth-order valence-corrected chi connectivity index (χ4v) is 3.08. The third kappa shape index (κ3) is 2.93. The number of aliphatic hydroxyl groups excluding tert-OH is 1. The Balaban J connectivity index is 2.03. The molecule has 0 aliphatic rings. The van der Waals surface area contributed by atoms with Crippen molar-refractivity contribution in [3.8, 4) is 17.1 Å². The maximum absolute atomic E-state index is 13.0. The monoisotopic (exact) mass is 377 g/mol. The highest BCUT2D eigenvalue weighted by atomic mass is 16.6. The highest BCUT2D eigenvalue weighted by Crippen LogP contribution is 2.26. The Morgan fingerprint density at radius 1 is 1.14 bits per heavy atom. The number of nitrogens with zero attached hydrogens (tertiary/aromatic N) is 5. The zero-order chi connectivity index (χ0) is 19.7. The second-order valence-corrected chi connectivity index (χ2v) is 6.06. The normalized spacial score (nSPS) is 11.0. The summed E-state index contributed by atoms with van der Waals surface area (Å²) in [6.07, 6.45) is 3.28. The average molecular weight is 377 g/mol. The molecule has 0 radical (unpaired) electrons. The number of hydrogen-bond acceptors (Lipinski definition) is 6. The first-order valence-corrected chi connectivity index (χ1v) is 8.49. The average Bonchev–Trinajstić information content (AvgIpc) is 3.17. The maximum atomic E-state index is 13.0. The number of non-ortho nitro benzene ring substituents is 1. The first-order valence-electron chi connectivity index (χ1n) is 8.49. The van der Waals surface area contributed by atoms with Crippen molar-refractivity contribution in [3.05, 3.63) is 81.4 Å². The van der Waals surface area contributed by atoms with Gasteiger partial charge in [-0.2, -0.15) is 9.78 Å². The molecule has 28 heavy (non-hydrogen) atoms. The molecule has 4 aromatic rings. The Hall–Kier alpha value is -3.85. The van der Waals surface area contributed by atoms with Crippen molar-refractivity contribution >= 4 is 16.6 Å². The molecule has 0 unspecified atom stereocenters. The quantitative estimate of drug-likeness (QED) is 0.421. The van der Waals surface area contributed by atoms with Gasteiger partial charge in [0.25, 0.3) is 11.2 Å². The molecule has 1 aromatic carbocycles. The topological polar surface area (TPSA) is 116 Å². The molecular formula is C19H15N5O4. The lowest BCUT2D eigenvalue weighted by atomic mass is 10.1. The molecule has 9 heteroatoms. The predicted octanol–water partition coefficient (Wildman–Crippen LogP) is 2.15. The van der Waals surface area contributed by atoms with E-state index in [-0.39, 0.29) is 17.9 Å². The fourth-order valence-electron chi connectivity index (χ4n) is 3.08. The molecule has 9 nitrogen and oxygen atoms in total. The van der Waals surface area contributed by atoms with Gasteiger partial charge in [-0.1, -0.05) is 12.1 Å². The molecule has 0 aliphatic carbocycles. The minimum absolute atomic E-state index is 0.0789. The molecule has 3 heterocycles. The van der Waals surface area contributed by atoms with E-state index in [9.17, 15) is 20.0 Å². The van der Waals surface area contributed by atoms with Crippen LogP contribution in [0.3, 0.4) is 0 Å². The van der Waals surface area contributed by atoms with Crippen LogP contribution >= 0.6 is 0 Å². The van der Waals surface area contributed by atoms with E-state index in [0.717, 1.165) is 0 Å². The lowest BCUT2D eigenvalue weighted by Crippen LogP contribution is -2.25. The van der Waals surface area contributed by atoms with Gasteiger partial charge in [0.1, 0.15) is 17.0 Å². The van der Waals surface area contributed by atoms with Crippen molar-refractivity contribution in [2.45, 2.75) is 6.54 Å². The molecule has 0 fully saturated rings. The first-order chi connectivity index (χ1) is 13.6. The van der Waals surface area contributed by atoms with Crippen molar-refractivity contribution in [2.24, 2.45) is 0 Å². The zero-order valence-corrected chi connectivity index (χ0v) is 14.6. The van der Waals surface area contributed by atoms with Crippen LogP contribution in [0, 0.1) is 10.1 Å². The molecule has 0 bridgehead atoms. The number of benzene rings is 1. The van der Waals surface area contributed by atoms with Crippen molar-refractivity contribution < 1.29 is 10.0 Å². The van der Waals surface area contributed by atoms with Gasteiger partial charge in [-0.05, 0) is 24.3 Å². The molecule has 0 saturated heterocycles. The minimum atomic E-state index is -0.485. The van der Waals surface area contributed by atoms with Gasteiger partial charge in [0.15, 0.2) is 0 Å². The van der Waals surface area contributed by atoms with Gasteiger partial charge in [0.2, 0.25) is 0 Å². The summed E-state index contributed by atoms with van der Waals surface area (Å²) in [4.78, 5) is 28.0. The van der Waals surface area contributed by atoms with Gasteiger partial charge in [-0.15, -0.1) is 0 Å². The molecule has 3 aromatic heterocycles. The van der Waals surface area contributed by atoms with E-state index in [1.165, 1.54) is 16.8 Å². The molecule has 0 amide bonds. The van der Waals surface area contributed by atoms with Crippen molar-refractivity contribution in [3.63, 3.8) is 0 Å². The SMILES string of the molecule is O=c1c2cccnc2c(-c2cccc([N+](=O)[O-])c2)nn1-c1cccn1CCO. The van der Waals surface area contributed by atoms with Gasteiger partial charge in [0.05, 0.1) is 16.9 Å². The third-order valence-electron chi connectivity index (χ3n) is 4.35. The van der Waals surface area contributed by atoms with Gasteiger partial charge in [-0.3, -0.25) is 19.9 Å². The molecule has 0 atom stereocenters. The van der Waals surface area contributed by atoms with Crippen LogP contribution in [-0.2, 0) is 6.54 Å². The summed E-state index contributed by atoms with van der Waals surface area (Å²) in [6.45, 7) is 0.205. The lowest BCUT2D eigenvalue weighted by Gasteiger charge is -2.12. The second-order valence-electron chi connectivity index (χ2n) is 6.06. The molecule has 1 N–H and O–H groups in total. The molecule has 0 aliphatic heterocycles. The van der Waals surface area contributed by atoms with Crippen LogP contribution < -0.4 is 5.56 Å². The number of aromatic nitrogens is 4. The van der Waals surface area contributed by atoms with E-state index in [0.29, 0.717) is 34.5 Å². The highest BCUT2D eigenvalue weighted by molar-refractivity contribution is 5.90. The number of nitro groups is 1. The number of nitro benzene ring substituents is 1. The summed E-state index contributed by atoms with van der Waals surface area (Å²) in [5, 5.41) is 25.2. The smallest absolute Gasteiger partial charge is 0.282 e. The van der Waals surface area contributed by atoms with E-state index >= 15 is 0 Å². The molecule has 0 spiro atoms. The summed E-state index contributed by atoms with van der Waals surface area (Å²) in [7, 11) is 0. The van der Waals surface area contributed by atoms with Gasteiger partial charge < -0.3 is 9.67 Å². The van der Waals surface area contributed by atoms with Crippen LogP contribution in [0.15, 0.2) is 65.7 Å². The Kier molecular flexibility index (Phi) is 4.42. The van der Waals surface area contributed by atoms with Crippen LogP contribution in [0.4, 0.5) is 5.69 Å². The van der Waals surface area contributed by atoms with Gasteiger partial charge >= 0.3 is 0 Å². The predicted molar refractivity (Wildman–Crippen MR) is 102 cm³/mol. The Bertz CT molecular complexity index is 1240. The number of hydrogen-bond donors (Lipinski definition) is 1. The number of rotatable bonds is 5. The van der Waals surface area contributed by atoms with Crippen molar-refractivity contribution in [2.75, 3.05) is 6.61 Å². The van der Waals surface area contributed by atoms with E-state index in [1.807, 2.05) is 0 Å². The summed E-state index contributed by atoms with van der Waals surface area (Å²) >= 11 is 0. The molecule has 0 saturated carbocycles. The van der Waals surface area contributed by atoms with Crippen LogP contribution in [0.5, 0.6) is 0 Å². The Morgan fingerprint density at radius 3 is 2.79 bits per heavy atom. The van der Waals surface area contributed by atoms with Crippen molar-refractivity contribution in [1.82, 2.24) is 19.3 Å². The second kappa shape index (κ2) is 7.05. The van der Waals surface area contributed by atoms with E-state index in [4.69, 9.17) is 0 Å². The number of pyridine rings is 1. The number of fused-ring (bicyclic) bond motifs is 1. The van der Waals surface area contributed by atoms with E-state index in [1.54, 1.807) is 53.4 Å². The van der Waals surface area contributed by atoms with Crippen LogP contribution in [-0.4, -0.2) is 36.0 Å². The largest absolute Gasteiger partial charge is 0.395 e. The van der Waals surface area contributed by atoms with Crippen LogP contribution in [0.1, 0.15) is 0 Å². The van der Waals surface area contributed by atoms with Gasteiger partial charge in [-0.25, -0.2) is 0 Å². The fraction of sp³-hybridized carbons (Fsp3) is 0.105. The minimum Gasteiger partial charge on any atom is -0.395 e. The summed E-state index contributed by atoms with van der Waals surface area (Å²) < 4.78 is 2.93. The van der Waals surface area contributed by atoms with Gasteiger partial charge in [0, 0.05) is 36.6 Å². The summed E-state index contributed by atoms with van der Waals surface area (Å²) in [5.41, 5.74) is 0.757. The number of aliphatic hydroxyl groups is 1. The van der Waals surface area contributed by atoms with Crippen molar-refractivity contribution in [1.29, 1.82) is 0 Å². The molecular weight excluding hydrogens is 362 g/mol. The zero-order valence-electron chi connectivity index (χ0n) is 14.6. The van der Waals surface area contributed by atoms with E-state index < -0.39 is 4.92 Å². The van der Waals surface area contributed by atoms with Crippen LogP contribution in [0.2, 0.25) is 0 Å². The Morgan fingerprint density at radius 2 is 2.00 bits per heavy atom.